The van der Waals surface area contributed by atoms with Crippen LogP contribution in [0.2, 0.25) is 0 Å². The summed E-state index contributed by atoms with van der Waals surface area (Å²) in [5.41, 5.74) is 7.56. The van der Waals surface area contributed by atoms with Gasteiger partial charge in [0.25, 0.3) is 0 Å². The Bertz CT molecular complexity index is 537. The van der Waals surface area contributed by atoms with Gasteiger partial charge >= 0.3 is 0 Å². The second-order valence-corrected chi connectivity index (χ2v) is 4.46. The largest absolute Gasteiger partial charge is 0.496 e. The molecule has 2 aromatic rings. The number of anilines is 1. The van der Waals surface area contributed by atoms with Gasteiger partial charge in [0.1, 0.15) is 22.3 Å². The number of benzene rings is 1. The molecule has 0 aliphatic carbocycles. The van der Waals surface area contributed by atoms with E-state index in [0.717, 1.165) is 27.6 Å². The quantitative estimate of drug-likeness (QED) is 0.910. The molecule has 0 atom stereocenters. The molecule has 0 aliphatic heterocycles. The Morgan fingerprint density at radius 1 is 1.18 bits per heavy atom. The molecular weight excluding hydrogens is 236 g/mol. The number of hydrogen-bond donors (Lipinski definition) is 1. The molecule has 5 heteroatoms. The van der Waals surface area contributed by atoms with Crippen molar-refractivity contribution < 1.29 is 9.47 Å². The Balaban J connectivity index is 2.58. The molecule has 4 nitrogen and oxygen atoms in total. The molecule has 90 valence electrons. The second-order valence-electron chi connectivity index (χ2n) is 3.60. The molecule has 0 spiro atoms. The molecule has 0 unspecified atom stereocenters. The average Bonchev–Trinajstić information content (AvgIpc) is 2.75. The Morgan fingerprint density at radius 2 is 1.88 bits per heavy atom. The van der Waals surface area contributed by atoms with E-state index in [2.05, 4.69) is 4.98 Å². The first-order chi connectivity index (χ1) is 8.15. The van der Waals surface area contributed by atoms with E-state index in [1.165, 1.54) is 11.3 Å². The molecule has 2 rings (SSSR count). The smallest absolute Gasteiger partial charge is 0.135 e. The number of rotatable bonds is 3. The first kappa shape index (κ1) is 11.7. The fraction of sp³-hybridized carbons (Fsp3) is 0.250. The van der Waals surface area contributed by atoms with Gasteiger partial charge in [0.05, 0.1) is 19.8 Å². The fourth-order valence-electron chi connectivity index (χ4n) is 1.63. The van der Waals surface area contributed by atoms with E-state index in [0.29, 0.717) is 5.82 Å². The minimum absolute atomic E-state index is 0.520. The number of hydrogen-bond acceptors (Lipinski definition) is 5. The highest BCUT2D eigenvalue weighted by Gasteiger charge is 2.13. The fourth-order valence-corrected chi connectivity index (χ4v) is 2.36. The van der Waals surface area contributed by atoms with Crippen LogP contribution in [0.1, 0.15) is 5.56 Å². The van der Waals surface area contributed by atoms with Gasteiger partial charge < -0.3 is 15.2 Å². The van der Waals surface area contributed by atoms with Gasteiger partial charge in [0.2, 0.25) is 0 Å². The maximum Gasteiger partial charge on any atom is 0.135 e. The van der Waals surface area contributed by atoms with E-state index in [1.807, 2.05) is 19.1 Å². The number of nitrogens with two attached hydrogens (primary N) is 1. The zero-order chi connectivity index (χ0) is 12.4. The highest BCUT2D eigenvalue weighted by molar-refractivity contribution is 7.13. The molecule has 0 radical (unpaired) electrons. The lowest BCUT2D eigenvalue weighted by Gasteiger charge is -2.11. The van der Waals surface area contributed by atoms with Crippen LogP contribution < -0.4 is 15.2 Å². The first-order valence-corrected chi connectivity index (χ1v) is 5.97. The van der Waals surface area contributed by atoms with Crippen molar-refractivity contribution in [3.8, 4) is 22.1 Å². The summed E-state index contributed by atoms with van der Waals surface area (Å²) in [6.45, 7) is 1.97. The molecule has 1 aromatic carbocycles. The molecule has 0 saturated carbocycles. The van der Waals surface area contributed by atoms with Crippen LogP contribution in [-0.4, -0.2) is 19.2 Å². The number of aromatic nitrogens is 1. The van der Waals surface area contributed by atoms with Gasteiger partial charge in [0, 0.05) is 5.38 Å². The van der Waals surface area contributed by atoms with Crippen molar-refractivity contribution in [2.24, 2.45) is 0 Å². The van der Waals surface area contributed by atoms with Crippen LogP contribution in [0.4, 0.5) is 5.82 Å². The standard InChI is InChI=1S/C12H14N2O2S/c1-7-4-10(16-3)8(5-9(7)15-2)12-14-11(13)6-17-12/h4-6H,13H2,1-3H3. The molecule has 0 saturated heterocycles. The lowest BCUT2D eigenvalue weighted by Crippen LogP contribution is -1.93. The van der Waals surface area contributed by atoms with Crippen molar-refractivity contribution in [2.45, 2.75) is 6.92 Å². The second kappa shape index (κ2) is 4.63. The van der Waals surface area contributed by atoms with Crippen LogP contribution in [0.3, 0.4) is 0 Å². The topological polar surface area (TPSA) is 57.4 Å². The Hall–Kier alpha value is -1.75. The molecule has 17 heavy (non-hydrogen) atoms. The molecule has 0 amide bonds. The predicted octanol–water partition coefficient (Wildman–Crippen LogP) is 2.72. The number of thiazole rings is 1. The number of aryl methyl sites for hydroxylation is 1. The van der Waals surface area contributed by atoms with Gasteiger partial charge in [-0.3, -0.25) is 0 Å². The lowest BCUT2D eigenvalue weighted by atomic mass is 10.1. The number of nitrogen functional groups attached to an aromatic ring is 1. The van der Waals surface area contributed by atoms with Crippen LogP contribution >= 0.6 is 11.3 Å². The van der Waals surface area contributed by atoms with Crippen LogP contribution in [-0.2, 0) is 0 Å². The zero-order valence-corrected chi connectivity index (χ0v) is 10.8. The molecule has 1 heterocycles. The van der Waals surface area contributed by atoms with Crippen molar-refractivity contribution in [1.82, 2.24) is 4.98 Å². The summed E-state index contributed by atoms with van der Waals surface area (Å²) in [5.74, 6) is 2.11. The normalized spacial score (nSPS) is 10.3. The summed E-state index contributed by atoms with van der Waals surface area (Å²) >= 11 is 1.49. The summed E-state index contributed by atoms with van der Waals surface area (Å²) < 4.78 is 10.7. The van der Waals surface area contributed by atoms with Gasteiger partial charge in [-0.15, -0.1) is 11.3 Å². The van der Waals surface area contributed by atoms with E-state index < -0.39 is 0 Å². The van der Waals surface area contributed by atoms with Crippen molar-refractivity contribution in [3.05, 3.63) is 23.1 Å². The van der Waals surface area contributed by atoms with Gasteiger partial charge in [-0.1, -0.05) is 0 Å². The van der Waals surface area contributed by atoms with E-state index in [9.17, 15) is 0 Å². The molecule has 0 aliphatic rings. The van der Waals surface area contributed by atoms with E-state index in [-0.39, 0.29) is 0 Å². The summed E-state index contributed by atoms with van der Waals surface area (Å²) in [5, 5.41) is 2.64. The number of methoxy groups -OCH3 is 2. The van der Waals surface area contributed by atoms with Gasteiger partial charge in [-0.2, -0.15) is 0 Å². The summed E-state index contributed by atoms with van der Waals surface area (Å²) in [6, 6.07) is 3.86. The highest BCUT2D eigenvalue weighted by atomic mass is 32.1. The minimum Gasteiger partial charge on any atom is -0.496 e. The highest BCUT2D eigenvalue weighted by Crippen LogP contribution is 2.37. The monoisotopic (exact) mass is 250 g/mol. The zero-order valence-electron chi connectivity index (χ0n) is 9.98. The number of nitrogens with zero attached hydrogens (tertiary/aromatic N) is 1. The number of ether oxygens (including phenoxy) is 2. The SMILES string of the molecule is COc1cc(-c2nc(N)cs2)c(OC)cc1C. The Morgan fingerprint density at radius 3 is 2.41 bits per heavy atom. The van der Waals surface area contributed by atoms with Gasteiger partial charge in [-0.25, -0.2) is 4.98 Å². The summed E-state index contributed by atoms with van der Waals surface area (Å²) in [7, 11) is 3.29. The molecule has 2 N–H and O–H groups in total. The Labute approximate surface area is 104 Å². The van der Waals surface area contributed by atoms with Crippen LogP contribution in [0.25, 0.3) is 10.6 Å². The van der Waals surface area contributed by atoms with Crippen molar-refractivity contribution in [2.75, 3.05) is 20.0 Å². The third-order valence-electron chi connectivity index (χ3n) is 2.47. The molecule has 1 aromatic heterocycles. The van der Waals surface area contributed by atoms with Crippen LogP contribution in [0.5, 0.6) is 11.5 Å². The van der Waals surface area contributed by atoms with Gasteiger partial charge in [-0.05, 0) is 24.6 Å². The Kier molecular flexibility index (Phi) is 3.19. The summed E-state index contributed by atoms with van der Waals surface area (Å²) in [6.07, 6.45) is 0. The average molecular weight is 250 g/mol. The summed E-state index contributed by atoms with van der Waals surface area (Å²) in [4.78, 5) is 4.26. The maximum atomic E-state index is 5.64. The van der Waals surface area contributed by atoms with Crippen molar-refractivity contribution in [1.29, 1.82) is 0 Å². The van der Waals surface area contributed by atoms with Crippen LogP contribution in [0, 0.1) is 6.92 Å². The minimum atomic E-state index is 0.520. The maximum absolute atomic E-state index is 5.64. The van der Waals surface area contributed by atoms with Crippen LogP contribution in [0.15, 0.2) is 17.5 Å². The third-order valence-corrected chi connectivity index (χ3v) is 3.36. The van der Waals surface area contributed by atoms with Gasteiger partial charge in [0.15, 0.2) is 0 Å². The molecular formula is C12H14N2O2S. The molecule has 0 fully saturated rings. The van der Waals surface area contributed by atoms with E-state index in [1.54, 1.807) is 19.6 Å². The molecule has 0 bridgehead atoms. The predicted molar refractivity (Wildman–Crippen MR) is 69.8 cm³/mol. The van der Waals surface area contributed by atoms with E-state index in [4.69, 9.17) is 15.2 Å². The van der Waals surface area contributed by atoms with Crippen molar-refractivity contribution >= 4 is 17.2 Å². The van der Waals surface area contributed by atoms with E-state index >= 15 is 0 Å². The first-order valence-electron chi connectivity index (χ1n) is 5.09. The lowest BCUT2D eigenvalue weighted by molar-refractivity contribution is 0.402. The third kappa shape index (κ3) is 2.19. The van der Waals surface area contributed by atoms with Crippen molar-refractivity contribution in [3.63, 3.8) is 0 Å².